The largest absolute Gasteiger partial charge is 0.493 e. The van der Waals surface area contributed by atoms with E-state index in [0.29, 0.717) is 35.5 Å². The number of benzene rings is 2. The van der Waals surface area contributed by atoms with Gasteiger partial charge in [-0.1, -0.05) is 44.2 Å². The molecular weight excluding hydrogens is 405 g/mol. The van der Waals surface area contributed by atoms with E-state index >= 15 is 0 Å². The first-order chi connectivity index (χ1) is 14.4. The van der Waals surface area contributed by atoms with Crippen molar-refractivity contribution >= 4 is 6.08 Å². The van der Waals surface area contributed by atoms with Crippen LogP contribution in [-0.4, -0.2) is 23.5 Å². The fourth-order valence-corrected chi connectivity index (χ4v) is 4.14. The molecule has 1 aliphatic rings. The van der Waals surface area contributed by atoms with Gasteiger partial charge < -0.3 is 15.6 Å². The van der Waals surface area contributed by atoms with E-state index in [9.17, 15) is 18.3 Å². The topological polar surface area (TPSA) is 79.3 Å². The summed E-state index contributed by atoms with van der Waals surface area (Å²) in [6.45, 7) is 3.82. The number of alkyl halides is 3. The highest BCUT2D eigenvalue weighted by atomic mass is 19.4. The Kier molecular flexibility index (Phi) is 6.06. The summed E-state index contributed by atoms with van der Waals surface area (Å²) in [5, 5.41) is 19.8. The van der Waals surface area contributed by atoms with Crippen LogP contribution in [0, 0.1) is 11.3 Å². The van der Waals surface area contributed by atoms with E-state index in [4.69, 9.17) is 15.7 Å². The monoisotopic (exact) mass is 430 g/mol. The SMILES string of the molecule is CC(C)(CC(O)(C/C(N)=C/c1cccc(C#N)c1)C(F)(F)F)c1cccc2c1OCC2. The van der Waals surface area contributed by atoms with Crippen molar-refractivity contribution < 1.29 is 23.0 Å². The van der Waals surface area contributed by atoms with Crippen LogP contribution in [-0.2, 0) is 11.8 Å². The summed E-state index contributed by atoms with van der Waals surface area (Å²) in [6.07, 6.45) is -4.20. The molecule has 2 aromatic rings. The molecular formula is C24H25F3N2O2. The second kappa shape index (κ2) is 8.27. The van der Waals surface area contributed by atoms with Crippen molar-refractivity contribution in [1.29, 1.82) is 5.26 Å². The number of nitriles is 1. The van der Waals surface area contributed by atoms with Gasteiger partial charge in [-0.25, -0.2) is 0 Å². The van der Waals surface area contributed by atoms with Crippen molar-refractivity contribution in [3.63, 3.8) is 0 Å². The predicted octanol–water partition coefficient (Wildman–Crippen LogP) is 4.84. The van der Waals surface area contributed by atoms with E-state index in [2.05, 4.69) is 0 Å². The zero-order valence-electron chi connectivity index (χ0n) is 17.5. The average molecular weight is 430 g/mol. The maximum atomic E-state index is 14.0. The minimum absolute atomic E-state index is 0.125. The summed E-state index contributed by atoms with van der Waals surface area (Å²) >= 11 is 0. The van der Waals surface area contributed by atoms with Crippen molar-refractivity contribution in [2.24, 2.45) is 5.73 Å². The van der Waals surface area contributed by atoms with Crippen LogP contribution in [0.15, 0.2) is 48.2 Å². The van der Waals surface area contributed by atoms with Crippen molar-refractivity contribution in [3.05, 3.63) is 70.4 Å². The van der Waals surface area contributed by atoms with Crippen LogP contribution in [0.2, 0.25) is 0 Å². The summed E-state index contributed by atoms with van der Waals surface area (Å²) in [7, 11) is 0. The summed E-state index contributed by atoms with van der Waals surface area (Å²) < 4.78 is 47.8. The van der Waals surface area contributed by atoms with Crippen molar-refractivity contribution in [3.8, 4) is 11.8 Å². The molecule has 0 spiro atoms. The Morgan fingerprint density at radius 3 is 2.61 bits per heavy atom. The quantitative estimate of drug-likeness (QED) is 0.687. The van der Waals surface area contributed by atoms with Gasteiger partial charge in [-0.05, 0) is 41.2 Å². The number of fused-ring (bicyclic) bond motifs is 1. The molecule has 1 heterocycles. The highest BCUT2D eigenvalue weighted by Gasteiger charge is 2.56. The maximum Gasteiger partial charge on any atom is 0.417 e. The van der Waals surface area contributed by atoms with Crippen molar-refractivity contribution in [1.82, 2.24) is 0 Å². The Balaban J connectivity index is 1.91. The molecule has 1 unspecified atom stereocenters. The number of hydrogen-bond donors (Lipinski definition) is 2. The highest BCUT2D eigenvalue weighted by molar-refractivity contribution is 5.55. The predicted molar refractivity (Wildman–Crippen MR) is 112 cm³/mol. The second-order valence-electron chi connectivity index (χ2n) is 8.62. The number of aliphatic hydroxyl groups is 1. The molecule has 31 heavy (non-hydrogen) atoms. The Labute approximate surface area is 179 Å². The van der Waals surface area contributed by atoms with Gasteiger partial charge in [-0.2, -0.15) is 18.4 Å². The lowest BCUT2D eigenvalue weighted by Crippen LogP contribution is -2.50. The molecule has 3 rings (SSSR count). The molecule has 0 bridgehead atoms. The van der Waals surface area contributed by atoms with E-state index in [1.54, 1.807) is 44.2 Å². The standard InChI is InChI=1S/C24H25F3N2O2/c1-22(2,20-8-4-7-18-9-10-31-21(18)20)15-23(30,24(25,26)27)13-19(29)12-16-5-3-6-17(11-16)14-28/h3-8,11-12,30H,9-10,13,15,29H2,1-2H3/b19-12-. The minimum atomic E-state index is -4.89. The molecule has 4 nitrogen and oxygen atoms in total. The number of nitrogens with two attached hydrogens (primary N) is 1. The van der Waals surface area contributed by atoms with Crippen LogP contribution in [0.5, 0.6) is 5.75 Å². The normalized spacial score (nSPS) is 16.2. The average Bonchev–Trinajstić information content (AvgIpc) is 3.15. The van der Waals surface area contributed by atoms with E-state index in [1.807, 2.05) is 12.1 Å². The van der Waals surface area contributed by atoms with Crippen LogP contribution >= 0.6 is 0 Å². The van der Waals surface area contributed by atoms with Gasteiger partial charge >= 0.3 is 6.18 Å². The first-order valence-corrected chi connectivity index (χ1v) is 9.96. The number of nitrogens with zero attached hydrogens (tertiary/aromatic N) is 1. The molecule has 0 aliphatic carbocycles. The molecule has 0 aromatic heterocycles. The maximum absolute atomic E-state index is 14.0. The van der Waals surface area contributed by atoms with Crippen LogP contribution in [0.3, 0.4) is 0 Å². The molecule has 7 heteroatoms. The lowest BCUT2D eigenvalue weighted by Gasteiger charge is -2.38. The van der Waals surface area contributed by atoms with Gasteiger partial charge in [0.2, 0.25) is 0 Å². The molecule has 0 saturated heterocycles. The van der Waals surface area contributed by atoms with E-state index in [1.165, 1.54) is 12.1 Å². The van der Waals surface area contributed by atoms with Gasteiger partial charge in [-0.15, -0.1) is 0 Å². The van der Waals surface area contributed by atoms with Gasteiger partial charge in [0.1, 0.15) is 5.75 Å². The third kappa shape index (κ3) is 4.86. The van der Waals surface area contributed by atoms with Crippen LogP contribution in [0.25, 0.3) is 6.08 Å². The van der Waals surface area contributed by atoms with E-state index < -0.39 is 30.0 Å². The fourth-order valence-electron chi connectivity index (χ4n) is 4.14. The van der Waals surface area contributed by atoms with Crippen molar-refractivity contribution in [2.75, 3.05) is 6.61 Å². The van der Waals surface area contributed by atoms with Gasteiger partial charge in [-0.3, -0.25) is 0 Å². The minimum Gasteiger partial charge on any atom is -0.493 e. The Morgan fingerprint density at radius 2 is 1.94 bits per heavy atom. The fraction of sp³-hybridized carbons (Fsp3) is 0.375. The molecule has 1 aliphatic heterocycles. The lowest BCUT2D eigenvalue weighted by atomic mass is 9.72. The Morgan fingerprint density at radius 1 is 1.23 bits per heavy atom. The number of halogens is 3. The summed E-state index contributed by atoms with van der Waals surface area (Å²) in [6, 6.07) is 13.8. The second-order valence-corrected chi connectivity index (χ2v) is 8.62. The molecule has 0 amide bonds. The Hall–Kier alpha value is -2.98. The van der Waals surface area contributed by atoms with Crippen LogP contribution in [0.4, 0.5) is 13.2 Å². The molecule has 0 radical (unpaired) electrons. The third-order valence-corrected chi connectivity index (χ3v) is 5.57. The number of ether oxygens (including phenoxy) is 1. The molecule has 0 saturated carbocycles. The number of rotatable bonds is 6. The van der Waals surface area contributed by atoms with Crippen molar-refractivity contribution in [2.45, 2.75) is 50.3 Å². The zero-order chi connectivity index (χ0) is 22.9. The van der Waals surface area contributed by atoms with Crippen LogP contribution < -0.4 is 10.5 Å². The molecule has 0 fully saturated rings. The van der Waals surface area contributed by atoms with Gasteiger partial charge in [0.15, 0.2) is 5.60 Å². The molecule has 3 N–H and O–H groups in total. The molecule has 164 valence electrons. The van der Waals surface area contributed by atoms with Crippen LogP contribution in [0.1, 0.15) is 48.9 Å². The van der Waals surface area contributed by atoms with Gasteiger partial charge in [0.25, 0.3) is 0 Å². The molecule has 2 aromatic carbocycles. The Bertz CT molecular complexity index is 1040. The number of hydrogen-bond acceptors (Lipinski definition) is 4. The summed E-state index contributed by atoms with van der Waals surface area (Å²) in [5.41, 5.74) is 4.19. The van der Waals surface area contributed by atoms with Gasteiger partial charge in [0.05, 0.1) is 18.2 Å². The number of para-hydroxylation sites is 1. The summed E-state index contributed by atoms with van der Waals surface area (Å²) in [4.78, 5) is 0. The third-order valence-electron chi connectivity index (χ3n) is 5.57. The zero-order valence-corrected chi connectivity index (χ0v) is 17.5. The first kappa shape index (κ1) is 22.7. The smallest absolute Gasteiger partial charge is 0.417 e. The molecule has 1 atom stereocenters. The summed E-state index contributed by atoms with van der Waals surface area (Å²) in [5.74, 6) is 0.605. The van der Waals surface area contributed by atoms with E-state index in [0.717, 1.165) is 5.56 Å². The highest BCUT2D eigenvalue weighted by Crippen LogP contribution is 2.47. The van der Waals surface area contributed by atoms with Gasteiger partial charge in [0, 0.05) is 24.1 Å². The first-order valence-electron chi connectivity index (χ1n) is 9.96. The van der Waals surface area contributed by atoms with E-state index in [-0.39, 0.29) is 5.70 Å². The lowest BCUT2D eigenvalue weighted by molar-refractivity contribution is -0.266.